The zero-order valence-corrected chi connectivity index (χ0v) is 20.5. The Morgan fingerprint density at radius 2 is 1.28 bits per heavy atom. The third-order valence-electron chi connectivity index (χ3n) is 6.46. The van der Waals surface area contributed by atoms with Crippen molar-refractivity contribution in [2.24, 2.45) is 0 Å². The Hall–Kier alpha value is -2.03. The predicted molar refractivity (Wildman–Crippen MR) is 135 cm³/mol. The highest BCUT2D eigenvalue weighted by molar-refractivity contribution is 5.73. The number of hydrogen-bond donors (Lipinski definition) is 0. The number of rotatable bonds is 16. The van der Waals surface area contributed by atoms with Gasteiger partial charge < -0.3 is 9.47 Å². The second kappa shape index (κ2) is 14.2. The molecule has 0 fully saturated rings. The van der Waals surface area contributed by atoms with E-state index >= 15 is 0 Å². The summed E-state index contributed by atoms with van der Waals surface area (Å²) in [6.07, 6.45) is 17.4. The summed E-state index contributed by atoms with van der Waals surface area (Å²) in [5, 5.41) is 0. The summed E-state index contributed by atoms with van der Waals surface area (Å²) in [6.45, 7) is 6.11. The minimum atomic E-state index is 0.769. The Morgan fingerprint density at radius 3 is 2.00 bits per heavy atom. The predicted octanol–water partition coefficient (Wildman–Crippen LogP) is 8.33. The molecule has 0 atom stereocenters. The van der Waals surface area contributed by atoms with Crippen LogP contribution in [0.3, 0.4) is 0 Å². The van der Waals surface area contributed by atoms with Gasteiger partial charge in [0.15, 0.2) is 0 Å². The number of ether oxygens (including phenoxy) is 2. The van der Waals surface area contributed by atoms with E-state index in [2.05, 4.69) is 38.1 Å². The number of aryl methyl sites for hydroxylation is 2. The van der Waals surface area contributed by atoms with Gasteiger partial charge in [0.25, 0.3) is 0 Å². The molecule has 0 radical (unpaired) electrons. The molecule has 1 aromatic heterocycles. The van der Waals surface area contributed by atoms with Crippen LogP contribution in [0.15, 0.2) is 30.3 Å². The molecule has 1 heterocycles. The number of hydrogen-bond acceptors (Lipinski definition) is 3. The van der Waals surface area contributed by atoms with Crippen LogP contribution in [0.4, 0.5) is 0 Å². The van der Waals surface area contributed by atoms with Crippen LogP contribution in [-0.4, -0.2) is 18.2 Å². The standard InChI is InChI=1S/C29H43NO2/c1-3-5-7-9-10-12-13-21-31-25-16-17-26-24(23-25)15-19-28-27(26)18-20-29(30-28)32-22-14-11-8-6-4-2/h16-18,20,23H,3-15,19,21-22H2,1-2H3. The average molecular weight is 438 g/mol. The van der Waals surface area contributed by atoms with Gasteiger partial charge >= 0.3 is 0 Å². The Balaban J connectivity index is 1.45. The summed E-state index contributed by atoms with van der Waals surface area (Å²) in [7, 11) is 0. The van der Waals surface area contributed by atoms with Crippen LogP contribution < -0.4 is 9.47 Å². The molecule has 3 rings (SSSR count). The lowest BCUT2D eigenvalue weighted by Crippen LogP contribution is -2.08. The first-order chi connectivity index (χ1) is 15.8. The number of benzene rings is 1. The first-order valence-electron chi connectivity index (χ1n) is 13.2. The third kappa shape index (κ3) is 7.83. The fourth-order valence-electron chi connectivity index (χ4n) is 4.51. The zero-order chi connectivity index (χ0) is 22.4. The van der Waals surface area contributed by atoms with Crippen molar-refractivity contribution in [3.05, 3.63) is 41.6 Å². The molecule has 0 bridgehead atoms. The summed E-state index contributed by atoms with van der Waals surface area (Å²) < 4.78 is 12.0. The van der Waals surface area contributed by atoms with Crippen molar-refractivity contribution in [1.82, 2.24) is 4.98 Å². The van der Waals surface area contributed by atoms with Gasteiger partial charge in [0, 0.05) is 11.6 Å². The van der Waals surface area contributed by atoms with Crippen LogP contribution in [0.5, 0.6) is 11.6 Å². The van der Waals surface area contributed by atoms with Gasteiger partial charge in [0.2, 0.25) is 5.88 Å². The van der Waals surface area contributed by atoms with Crippen molar-refractivity contribution >= 4 is 0 Å². The monoisotopic (exact) mass is 437 g/mol. The molecule has 1 aliphatic carbocycles. The van der Waals surface area contributed by atoms with Crippen LogP contribution in [0.1, 0.15) is 102 Å². The van der Waals surface area contributed by atoms with E-state index in [1.165, 1.54) is 80.9 Å². The maximum atomic E-state index is 6.05. The Morgan fingerprint density at radius 1 is 0.656 bits per heavy atom. The summed E-state index contributed by atoms with van der Waals surface area (Å²) >= 11 is 0. The Bertz CT molecular complexity index is 802. The molecule has 2 aromatic rings. The molecule has 0 saturated heterocycles. The van der Waals surface area contributed by atoms with E-state index < -0.39 is 0 Å². The highest BCUT2D eigenvalue weighted by Gasteiger charge is 2.18. The van der Waals surface area contributed by atoms with Gasteiger partial charge in [-0.05, 0) is 55.0 Å². The Kier molecular flexibility index (Phi) is 10.9. The summed E-state index contributed by atoms with van der Waals surface area (Å²) in [4.78, 5) is 4.81. The van der Waals surface area contributed by atoms with Crippen LogP contribution in [0, 0.1) is 0 Å². The minimum Gasteiger partial charge on any atom is -0.494 e. The van der Waals surface area contributed by atoms with E-state index in [1.807, 2.05) is 6.07 Å². The normalized spacial score (nSPS) is 12.3. The number of nitrogens with zero attached hydrogens (tertiary/aromatic N) is 1. The topological polar surface area (TPSA) is 31.4 Å². The van der Waals surface area contributed by atoms with Gasteiger partial charge in [-0.3, -0.25) is 0 Å². The number of pyridine rings is 1. The van der Waals surface area contributed by atoms with Crippen molar-refractivity contribution in [1.29, 1.82) is 0 Å². The molecule has 1 aliphatic rings. The number of fused-ring (bicyclic) bond motifs is 3. The molecule has 32 heavy (non-hydrogen) atoms. The summed E-state index contributed by atoms with van der Waals surface area (Å²) in [5.41, 5.74) is 5.09. The maximum Gasteiger partial charge on any atom is 0.213 e. The molecule has 3 nitrogen and oxygen atoms in total. The van der Waals surface area contributed by atoms with Crippen molar-refractivity contribution in [3.8, 4) is 22.8 Å². The first-order valence-corrected chi connectivity index (χ1v) is 13.2. The van der Waals surface area contributed by atoms with Crippen molar-refractivity contribution in [2.45, 2.75) is 104 Å². The van der Waals surface area contributed by atoms with E-state index in [0.717, 1.165) is 56.2 Å². The second-order valence-corrected chi connectivity index (χ2v) is 9.20. The molecule has 0 N–H and O–H groups in total. The molecular formula is C29H43NO2. The van der Waals surface area contributed by atoms with Gasteiger partial charge in [-0.25, -0.2) is 4.98 Å². The average Bonchev–Trinajstić information content (AvgIpc) is 2.82. The zero-order valence-electron chi connectivity index (χ0n) is 20.5. The highest BCUT2D eigenvalue weighted by atomic mass is 16.5. The fraction of sp³-hybridized carbons (Fsp3) is 0.621. The van der Waals surface area contributed by atoms with Gasteiger partial charge in [-0.2, -0.15) is 0 Å². The largest absolute Gasteiger partial charge is 0.494 e. The molecule has 176 valence electrons. The summed E-state index contributed by atoms with van der Waals surface area (Å²) in [6, 6.07) is 10.8. The third-order valence-corrected chi connectivity index (χ3v) is 6.46. The van der Waals surface area contributed by atoms with Crippen LogP contribution in [-0.2, 0) is 12.8 Å². The van der Waals surface area contributed by atoms with Crippen LogP contribution in [0.2, 0.25) is 0 Å². The molecule has 0 unspecified atom stereocenters. The van der Waals surface area contributed by atoms with Gasteiger partial charge in [-0.15, -0.1) is 0 Å². The van der Waals surface area contributed by atoms with Crippen molar-refractivity contribution < 1.29 is 9.47 Å². The molecule has 1 aromatic carbocycles. The number of unbranched alkanes of at least 4 members (excludes halogenated alkanes) is 10. The lowest BCUT2D eigenvalue weighted by Gasteiger charge is -2.20. The van der Waals surface area contributed by atoms with Crippen molar-refractivity contribution in [3.63, 3.8) is 0 Å². The van der Waals surface area contributed by atoms with E-state index in [4.69, 9.17) is 14.5 Å². The highest BCUT2D eigenvalue weighted by Crippen LogP contribution is 2.35. The van der Waals surface area contributed by atoms with E-state index in [1.54, 1.807) is 0 Å². The first kappa shape index (κ1) is 24.6. The SMILES string of the molecule is CCCCCCCCCOc1ccc2c(c1)CCc1nc(OCCCCCCC)ccc1-2. The van der Waals surface area contributed by atoms with Crippen molar-refractivity contribution in [2.75, 3.05) is 13.2 Å². The van der Waals surface area contributed by atoms with Gasteiger partial charge in [0.1, 0.15) is 5.75 Å². The van der Waals surface area contributed by atoms with E-state index in [0.29, 0.717) is 0 Å². The van der Waals surface area contributed by atoms with E-state index in [9.17, 15) is 0 Å². The minimum absolute atomic E-state index is 0.769. The fourth-order valence-corrected chi connectivity index (χ4v) is 4.51. The van der Waals surface area contributed by atoms with Crippen LogP contribution >= 0.6 is 0 Å². The molecule has 0 amide bonds. The second-order valence-electron chi connectivity index (χ2n) is 9.20. The van der Waals surface area contributed by atoms with Gasteiger partial charge in [-0.1, -0.05) is 84.1 Å². The van der Waals surface area contributed by atoms with Crippen LogP contribution in [0.25, 0.3) is 11.1 Å². The molecule has 3 heteroatoms. The summed E-state index contributed by atoms with van der Waals surface area (Å²) in [5.74, 6) is 1.78. The molecule has 0 saturated carbocycles. The lowest BCUT2D eigenvalue weighted by molar-refractivity contribution is 0.292. The number of aromatic nitrogens is 1. The molecule has 0 spiro atoms. The quantitative estimate of drug-likeness (QED) is 0.247. The lowest BCUT2D eigenvalue weighted by atomic mass is 9.88. The molecule has 0 aliphatic heterocycles. The van der Waals surface area contributed by atoms with E-state index in [-0.39, 0.29) is 0 Å². The Labute approximate surface area is 195 Å². The smallest absolute Gasteiger partial charge is 0.213 e. The maximum absolute atomic E-state index is 6.05. The van der Waals surface area contributed by atoms with Gasteiger partial charge in [0.05, 0.1) is 18.9 Å². The molecular weight excluding hydrogens is 394 g/mol.